The second-order valence-electron chi connectivity index (χ2n) is 4.93. The van der Waals surface area contributed by atoms with E-state index in [0.717, 1.165) is 25.3 Å². The van der Waals surface area contributed by atoms with Crippen LogP contribution in [0.1, 0.15) is 30.9 Å². The van der Waals surface area contributed by atoms with Crippen LogP contribution in [0.2, 0.25) is 0 Å². The molecule has 1 aromatic rings. The maximum atomic E-state index is 9.81. The first-order valence-electron chi connectivity index (χ1n) is 6.43. The summed E-state index contributed by atoms with van der Waals surface area (Å²) in [6.07, 6.45) is 2.24. The lowest BCUT2D eigenvalue weighted by molar-refractivity contribution is 0.0751. The van der Waals surface area contributed by atoms with Crippen molar-refractivity contribution >= 4 is 0 Å². The number of ether oxygens (including phenoxy) is 1. The zero-order valence-corrected chi connectivity index (χ0v) is 10.3. The van der Waals surface area contributed by atoms with Gasteiger partial charge in [0.25, 0.3) is 0 Å². The second kappa shape index (κ2) is 4.00. The Hall–Kier alpha value is -1.06. The maximum absolute atomic E-state index is 9.81. The molecular formula is C14H19NO2. The molecule has 0 radical (unpaired) electrons. The number of benzene rings is 1. The summed E-state index contributed by atoms with van der Waals surface area (Å²) in [4.78, 5) is 2.40. The first-order valence-corrected chi connectivity index (χ1v) is 6.43. The number of rotatable bonds is 3. The lowest BCUT2D eigenvalue weighted by Gasteiger charge is -2.30. The van der Waals surface area contributed by atoms with Gasteiger partial charge in [-0.25, -0.2) is 0 Å². The van der Waals surface area contributed by atoms with Crippen LogP contribution in [0.15, 0.2) is 18.2 Å². The van der Waals surface area contributed by atoms with Crippen molar-refractivity contribution in [2.75, 3.05) is 19.8 Å². The Morgan fingerprint density at radius 2 is 2.35 bits per heavy atom. The van der Waals surface area contributed by atoms with Gasteiger partial charge in [0.15, 0.2) is 0 Å². The fraction of sp³-hybridized carbons (Fsp3) is 0.571. The summed E-state index contributed by atoms with van der Waals surface area (Å²) in [6, 6.07) is 6.23. The molecule has 1 unspecified atom stereocenters. The molecule has 2 aliphatic heterocycles. The maximum Gasteiger partial charge on any atom is 0.124 e. The van der Waals surface area contributed by atoms with Crippen LogP contribution in [-0.2, 0) is 12.1 Å². The number of fused-ring (bicyclic) bond motifs is 3. The van der Waals surface area contributed by atoms with Gasteiger partial charge < -0.3 is 9.84 Å². The molecular weight excluding hydrogens is 214 g/mol. The summed E-state index contributed by atoms with van der Waals surface area (Å²) in [5.41, 5.74) is 2.44. The van der Waals surface area contributed by atoms with Crippen molar-refractivity contribution in [2.45, 2.75) is 31.8 Å². The Bertz CT molecular complexity index is 432. The Morgan fingerprint density at radius 3 is 3.12 bits per heavy atom. The standard InChI is InChI=1S/C14H19NO2/c1-2-17-13-6-3-5-12-11(13)9-15-8-4-7-14(12,15)10-16/h3,5-6,16H,2,4,7-10H2,1H3. The van der Waals surface area contributed by atoms with Crippen molar-refractivity contribution in [3.05, 3.63) is 29.3 Å². The highest BCUT2D eigenvalue weighted by molar-refractivity contribution is 5.48. The van der Waals surface area contributed by atoms with E-state index in [4.69, 9.17) is 4.74 Å². The van der Waals surface area contributed by atoms with Gasteiger partial charge in [-0.15, -0.1) is 0 Å². The summed E-state index contributed by atoms with van der Waals surface area (Å²) >= 11 is 0. The number of hydrogen-bond donors (Lipinski definition) is 1. The minimum atomic E-state index is -0.123. The van der Waals surface area contributed by atoms with Gasteiger partial charge in [0.05, 0.1) is 18.8 Å². The third-order valence-electron chi connectivity index (χ3n) is 4.17. The van der Waals surface area contributed by atoms with E-state index >= 15 is 0 Å². The molecule has 1 saturated heterocycles. The van der Waals surface area contributed by atoms with Crippen LogP contribution in [0.25, 0.3) is 0 Å². The highest BCUT2D eigenvalue weighted by Gasteiger charge is 2.48. The van der Waals surface area contributed by atoms with E-state index in [1.54, 1.807) is 0 Å². The predicted molar refractivity (Wildman–Crippen MR) is 66.0 cm³/mol. The molecule has 17 heavy (non-hydrogen) atoms. The molecule has 92 valence electrons. The van der Waals surface area contributed by atoms with E-state index < -0.39 is 0 Å². The first-order chi connectivity index (χ1) is 8.31. The summed E-state index contributed by atoms with van der Waals surface area (Å²) < 4.78 is 5.70. The van der Waals surface area contributed by atoms with Crippen LogP contribution in [0.4, 0.5) is 0 Å². The van der Waals surface area contributed by atoms with Crippen molar-refractivity contribution in [1.29, 1.82) is 0 Å². The molecule has 1 atom stereocenters. The number of nitrogens with zero attached hydrogens (tertiary/aromatic N) is 1. The van der Waals surface area contributed by atoms with Gasteiger partial charge in [0.1, 0.15) is 5.75 Å². The molecule has 2 aliphatic rings. The summed E-state index contributed by atoms with van der Waals surface area (Å²) in [5.74, 6) is 0.993. The minimum absolute atomic E-state index is 0.123. The monoisotopic (exact) mass is 233 g/mol. The van der Waals surface area contributed by atoms with Crippen LogP contribution in [0, 0.1) is 0 Å². The quantitative estimate of drug-likeness (QED) is 0.865. The Balaban J connectivity index is 2.08. The van der Waals surface area contributed by atoms with Crippen LogP contribution in [0.3, 0.4) is 0 Å². The largest absolute Gasteiger partial charge is 0.494 e. The molecule has 0 bridgehead atoms. The second-order valence-corrected chi connectivity index (χ2v) is 4.93. The predicted octanol–water partition coefficient (Wildman–Crippen LogP) is 1.88. The smallest absolute Gasteiger partial charge is 0.124 e. The minimum Gasteiger partial charge on any atom is -0.494 e. The van der Waals surface area contributed by atoms with Crippen molar-refractivity contribution in [3.63, 3.8) is 0 Å². The Labute approximate surface area is 102 Å². The number of hydrogen-bond acceptors (Lipinski definition) is 3. The van der Waals surface area contributed by atoms with Crippen molar-refractivity contribution < 1.29 is 9.84 Å². The van der Waals surface area contributed by atoms with Crippen molar-refractivity contribution in [3.8, 4) is 5.75 Å². The van der Waals surface area contributed by atoms with E-state index in [1.807, 2.05) is 19.1 Å². The average molecular weight is 233 g/mol. The SMILES string of the molecule is CCOc1cccc2c1CN1CCCC21CO. The molecule has 0 amide bonds. The van der Waals surface area contributed by atoms with Crippen LogP contribution >= 0.6 is 0 Å². The van der Waals surface area contributed by atoms with Gasteiger partial charge in [-0.3, -0.25) is 4.90 Å². The molecule has 3 rings (SSSR count). The normalized spacial score (nSPS) is 26.9. The molecule has 2 heterocycles. The Morgan fingerprint density at radius 1 is 1.47 bits per heavy atom. The zero-order chi connectivity index (χ0) is 11.9. The lowest BCUT2D eigenvalue weighted by atomic mass is 9.88. The highest BCUT2D eigenvalue weighted by atomic mass is 16.5. The van der Waals surface area contributed by atoms with Crippen LogP contribution in [0.5, 0.6) is 5.75 Å². The van der Waals surface area contributed by atoms with Gasteiger partial charge >= 0.3 is 0 Å². The molecule has 0 saturated carbocycles. The van der Waals surface area contributed by atoms with Crippen LogP contribution < -0.4 is 4.74 Å². The lowest BCUT2D eigenvalue weighted by Crippen LogP contribution is -2.38. The van der Waals surface area contributed by atoms with E-state index in [1.165, 1.54) is 17.5 Å². The van der Waals surface area contributed by atoms with E-state index in [2.05, 4.69) is 11.0 Å². The fourth-order valence-corrected chi connectivity index (χ4v) is 3.38. The van der Waals surface area contributed by atoms with Gasteiger partial charge in [-0.05, 0) is 37.9 Å². The number of aliphatic hydroxyl groups excluding tert-OH is 1. The molecule has 0 aliphatic carbocycles. The first kappa shape index (κ1) is 11.1. The fourth-order valence-electron chi connectivity index (χ4n) is 3.38. The molecule has 0 aromatic heterocycles. The third kappa shape index (κ3) is 1.42. The van der Waals surface area contributed by atoms with Crippen LogP contribution in [-0.4, -0.2) is 29.8 Å². The van der Waals surface area contributed by atoms with Gasteiger partial charge in [0, 0.05) is 12.1 Å². The van der Waals surface area contributed by atoms with E-state index in [9.17, 15) is 5.11 Å². The summed E-state index contributed by atoms with van der Waals surface area (Å²) in [7, 11) is 0. The van der Waals surface area contributed by atoms with Gasteiger partial charge in [-0.2, -0.15) is 0 Å². The van der Waals surface area contributed by atoms with Crippen molar-refractivity contribution in [1.82, 2.24) is 4.90 Å². The highest BCUT2D eigenvalue weighted by Crippen LogP contribution is 2.48. The van der Waals surface area contributed by atoms with Gasteiger partial charge in [0.2, 0.25) is 0 Å². The topological polar surface area (TPSA) is 32.7 Å². The Kier molecular flexibility index (Phi) is 2.60. The third-order valence-corrected chi connectivity index (χ3v) is 4.17. The summed E-state index contributed by atoms with van der Waals surface area (Å²) in [6.45, 7) is 4.93. The van der Waals surface area contributed by atoms with Gasteiger partial charge in [-0.1, -0.05) is 12.1 Å². The molecule has 3 heteroatoms. The zero-order valence-electron chi connectivity index (χ0n) is 10.3. The molecule has 0 spiro atoms. The summed E-state index contributed by atoms with van der Waals surface area (Å²) in [5, 5.41) is 9.81. The van der Waals surface area contributed by atoms with E-state index in [-0.39, 0.29) is 12.1 Å². The molecule has 1 N–H and O–H groups in total. The number of aliphatic hydroxyl groups is 1. The van der Waals surface area contributed by atoms with E-state index in [0.29, 0.717) is 6.61 Å². The molecule has 3 nitrogen and oxygen atoms in total. The average Bonchev–Trinajstić information content (AvgIpc) is 2.86. The molecule has 1 aromatic carbocycles. The van der Waals surface area contributed by atoms with Crippen molar-refractivity contribution in [2.24, 2.45) is 0 Å². The molecule has 1 fully saturated rings.